The molecule has 21 heavy (non-hydrogen) atoms. The van der Waals surface area contributed by atoms with Crippen LogP contribution in [0.1, 0.15) is 45.1 Å². The van der Waals surface area contributed by atoms with Gasteiger partial charge in [0.05, 0.1) is 5.92 Å². The lowest BCUT2D eigenvalue weighted by Crippen LogP contribution is -2.34. The van der Waals surface area contributed by atoms with Crippen molar-refractivity contribution in [1.82, 2.24) is 25.4 Å². The Balaban J connectivity index is 2.26. The molecule has 0 aliphatic carbocycles. The molecule has 0 aliphatic heterocycles. The Morgan fingerprint density at radius 2 is 1.81 bits per heavy atom. The van der Waals surface area contributed by atoms with E-state index in [0.717, 1.165) is 12.1 Å². The summed E-state index contributed by atoms with van der Waals surface area (Å²) in [5.41, 5.74) is 1.00. The standard InChI is InChI=1S/C15H23N5O/c1-6-16-11(5)12(9(2)3)15-19-14(20-21-15)13-17-7-10(4)8-18-13/h7-9,11-12,16H,6H2,1-5H3. The highest BCUT2D eigenvalue weighted by molar-refractivity contribution is 5.41. The number of rotatable bonds is 6. The van der Waals surface area contributed by atoms with E-state index in [2.05, 4.69) is 53.1 Å². The molecule has 2 rings (SSSR count). The van der Waals surface area contributed by atoms with Crippen LogP contribution in [-0.2, 0) is 0 Å². The molecule has 0 aromatic carbocycles. The number of aromatic nitrogens is 4. The number of nitrogens with zero attached hydrogens (tertiary/aromatic N) is 4. The quantitative estimate of drug-likeness (QED) is 0.880. The zero-order chi connectivity index (χ0) is 15.4. The lowest BCUT2D eigenvalue weighted by Gasteiger charge is -2.24. The molecule has 0 aliphatic rings. The molecule has 6 heteroatoms. The van der Waals surface area contributed by atoms with Crippen LogP contribution >= 0.6 is 0 Å². The first kappa shape index (κ1) is 15.6. The van der Waals surface area contributed by atoms with Crippen molar-refractivity contribution in [1.29, 1.82) is 0 Å². The van der Waals surface area contributed by atoms with Crippen LogP contribution in [0.25, 0.3) is 11.6 Å². The van der Waals surface area contributed by atoms with Crippen LogP contribution in [0.4, 0.5) is 0 Å². The minimum absolute atomic E-state index is 0.164. The van der Waals surface area contributed by atoms with Gasteiger partial charge in [-0.25, -0.2) is 9.97 Å². The van der Waals surface area contributed by atoms with E-state index in [1.807, 2.05) is 6.92 Å². The SMILES string of the molecule is CCNC(C)C(c1nc(-c2ncc(C)cn2)no1)C(C)C. The smallest absolute Gasteiger partial charge is 0.240 e. The molecule has 0 radical (unpaired) electrons. The third kappa shape index (κ3) is 3.64. The van der Waals surface area contributed by atoms with Crippen LogP contribution in [0, 0.1) is 12.8 Å². The van der Waals surface area contributed by atoms with Gasteiger partial charge in [-0.05, 0) is 31.9 Å². The van der Waals surface area contributed by atoms with Gasteiger partial charge in [-0.3, -0.25) is 0 Å². The molecule has 2 aromatic rings. The Morgan fingerprint density at radius 3 is 2.38 bits per heavy atom. The Labute approximate surface area is 125 Å². The number of nitrogens with one attached hydrogen (secondary N) is 1. The van der Waals surface area contributed by atoms with Crippen LogP contribution in [0.3, 0.4) is 0 Å². The fourth-order valence-electron chi connectivity index (χ4n) is 2.49. The van der Waals surface area contributed by atoms with Gasteiger partial charge >= 0.3 is 0 Å². The van der Waals surface area contributed by atoms with Crippen LogP contribution in [0.2, 0.25) is 0 Å². The summed E-state index contributed by atoms with van der Waals surface area (Å²) in [6.45, 7) is 11.4. The van der Waals surface area contributed by atoms with Crippen molar-refractivity contribution in [3.05, 3.63) is 23.8 Å². The number of hydrogen-bond acceptors (Lipinski definition) is 6. The van der Waals surface area contributed by atoms with E-state index in [0.29, 0.717) is 23.5 Å². The van der Waals surface area contributed by atoms with Crippen molar-refractivity contribution in [3.8, 4) is 11.6 Å². The van der Waals surface area contributed by atoms with Crippen LogP contribution in [0.15, 0.2) is 16.9 Å². The van der Waals surface area contributed by atoms with Gasteiger partial charge in [0.2, 0.25) is 17.5 Å². The minimum atomic E-state index is 0.164. The van der Waals surface area contributed by atoms with E-state index in [1.165, 1.54) is 0 Å². The summed E-state index contributed by atoms with van der Waals surface area (Å²) >= 11 is 0. The van der Waals surface area contributed by atoms with Crippen molar-refractivity contribution in [2.24, 2.45) is 5.92 Å². The first-order chi connectivity index (χ1) is 10.0. The van der Waals surface area contributed by atoms with Crippen LogP contribution in [0.5, 0.6) is 0 Å². The van der Waals surface area contributed by atoms with Gasteiger partial charge in [0.25, 0.3) is 0 Å². The summed E-state index contributed by atoms with van der Waals surface area (Å²) in [4.78, 5) is 13.0. The molecular weight excluding hydrogens is 266 g/mol. The second-order valence-corrected chi connectivity index (χ2v) is 5.66. The predicted octanol–water partition coefficient (Wildman–Crippen LogP) is 2.57. The van der Waals surface area contributed by atoms with E-state index in [1.54, 1.807) is 12.4 Å². The van der Waals surface area contributed by atoms with Crippen LogP contribution in [-0.4, -0.2) is 32.7 Å². The van der Waals surface area contributed by atoms with Crippen molar-refractivity contribution in [2.75, 3.05) is 6.54 Å². The molecule has 0 fully saturated rings. The molecule has 0 spiro atoms. The zero-order valence-electron chi connectivity index (χ0n) is 13.3. The molecule has 2 aromatic heterocycles. The normalized spacial score (nSPS) is 14.4. The lowest BCUT2D eigenvalue weighted by molar-refractivity contribution is 0.281. The molecule has 1 N–H and O–H groups in total. The molecular formula is C15H23N5O. The summed E-state index contributed by atoms with van der Waals surface area (Å²) in [6.07, 6.45) is 3.50. The topological polar surface area (TPSA) is 76.7 Å². The van der Waals surface area contributed by atoms with Gasteiger partial charge < -0.3 is 9.84 Å². The third-order valence-corrected chi connectivity index (χ3v) is 3.49. The monoisotopic (exact) mass is 289 g/mol. The van der Waals surface area contributed by atoms with E-state index in [4.69, 9.17) is 4.52 Å². The predicted molar refractivity (Wildman–Crippen MR) is 80.8 cm³/mol. The van der Waals surface area contributed by atoms with Crippen molar-refractivity contribution >= 4 is 0 Å². The highest BCUT2D eigenvalue weighted by Gasteiger charge is 2.28. The Bertz CT molecular complexity index is 564. The number of aryl methyl sites for hydroxylation is 1. The van der Waals surface area contributed by atoms with Gasteiger partial charge in [-0.2, -0.15) is 4.98 Å². The second-order valence-electron chi connectivity index (χ2n) is 5.66. The third-order valence-electron chi connectivity index (χ3n) is 3.49. The van der Waals surface area contributed by atoms with E-state index < -0.39 is 0 Å². The summed E-state index contributed by atoms with van der Waals surface area (Å²) in [5, 5.41) is 7.45. The van der Waals surface area contributed by atoms with Crippen molar-refractivity contribution < 1.29 is 4.52 Å². The molecule has 0 saturated heterocycles. The Kier molecular flexibility index (Phi) is 5.01. The molecule has 6 nitrogen and oxygen atoms in total. The summed E-state index contributed by atoms with van der Waals surface area (Å²) in [5.74, 6) is 2.13. The molecule has 0 amide bonds. The lowest BCUT2D eigenvalue weighted by atomic mass is 9.89. The number of likely N-dealkylation sites (N-methyl/N-ethyl adjacent to an activating group) is 1. The average molecular weight is 289 g/mol. The molecule has 0 saturated carbocycles. The van der Waals surface area contributed by atoms with Gasteiger partial charge in [-0.1, -0.05) is 25.9 Å². The number of hydrogen-bond donors (Lipinski definition) is 1. The summed E-state index contributed by atoms with van der Waals surface area (Å²) in [7, 11) is 0. The second kappa shape index (κ2) is 6.76. The highest BCUT2D eigenvalue weighted by Crippen LogP contribution is 2.27. The average Bonchev–Trinajstić information content (AvgIpc) is 2.89. The first-order valence-electron chi connectivity index (χ1n) is 7.39. The van der Waals surface area contributed by atoms with Crippen molar-refractivity contribution in [3.63, 3.8) is 0 Å². The highest BCUT2D eigenvalue weighted by atomic mass is 16.5. The van der Waals surface area contributed by atoms with E-state index >= 15 is 0 Å². The maximum absolute atomic E-state index is 5.46. The van der Waals surface area contributed by atoms with E-state index in [9.17, 15) is 0 Å². The molecule has 0 bridgehead atoms. The zero-order valence-corrected chi connectivity index (χ0v) is 13.3. The fourth-order valence-corrected chi connectivity index (χ4v) is 2.49. The van der Waals surface area contributed by atoms with Crippen molar-refractivity contribution in [2.45, 2.75) is 46.6 Å². The Morgan fingerprint density at radius 1 is 1.14 bits per heavy atom. The van der Waals surface area contributed by atoms with Gasteiger partial charge in [0.1, 0.15) is 0 Å². The molecule has 2 atom stereocenters. The van der Waals surface area contributed by atoms with E-state index in [-0.39, 0.29) is 12.0 Å². The minimum Gasteiger partial charge on any atom is -0.338 e. The summed E-state index contributed by atoms with van der Waals surface area (Å²) in [6, 6.07) is 0.266. The van der Waals surface area contributed by atoms with Gasteiger partial charge in [0, 0.05) is 18.4 Å². The van der Waals surface area contributed by atoms with Gasteiger partial charge in [-0.15, -0.1) is 0 Å². The molecule has 114 valence electrons. The van der Waals surface area contributed by atoms with Crippen LogP contribution < -0.4 is 5.32 Å². The molecule has 2 heterocycles. The Hall–Kier alpha value is -1.82. The summed E-state index contributed by atoms with van der Waals surface area (Å²) < 4.78 is 5.46. The first-order valence-corrected chi connectivity index (χ1v) is 7.39. The maximum atomic E-state index is 5.46. The van der Waals surface area contributed by atoms with Gasteiger partial charge in [0.15, 0.2) is 0 Å². The molecule has 2 unspecified atom stereocenters. The fraction of sp³-hybridized carbons (Fsp3) is 0.600. The maximum Gasteiger partial charge on any atom is 0.240 e. The largest absolute Gasteiger partial charge is 0.338 e.